The van der Waals surface area contributed by atoms with Crippen molar-refractivity contribution in [2.24, 2.45) is 5.73 Å². The molecule has 0 saturated carbocycles. The number of anilines is 1. The lowest BCUT2D eigenvalue weighted by atomic mass is 9.96. The molecular weight excluding hydrogens is 254 g/mol. The highest BCUT2D eigenvalue weighted by Crippen LogP contribution is 2.25. The highest BCUT2D eigenvalue weighted by atomic mass is 32.1. The third kappa shape index (κ3) is 3.05. The van der Waals surface area contributed by atoms with Gasteiger partial charge in [-0.3, -0.25) is 4.79 Å². The van der Waals surface area contributed by atoms with E-state index in [4.69, 9.17) is 10.8 Å². The summed E-state index contributed by atoms with van der Waals surface area (Å²) in [6.07, 6.45) is 1.30. The fourth-order valence-electron chi connectivity index (χ4n) is 1.59. The maximum Gasteiger partial charge on any atom is 0.340 e. The molecule has 0 fully saturated rings. The predicted molar refractivity (Wildman–Crippen MR) is 69.9 cm³/mol. The van der Waals surface area contributed by atoms with E-state index >= 15 is 0 Å². The molecule has 0 spiro atoms. The van der Waals surface area contributed by atoms with Crippen molar-refractivity contribution in [3.8, 4) is 0 Å². The Bertz CT molecular complexity index is 468. The van der Waals surface area contributed by atoms with Crippen LogP contribution in [-0.2, 0) is 4.79 Å². The summed E-state index contributed by atoms with van der Waals surface area (Å²) in [5.41, 5.74) is 5.28. The fourth-order valence-corrected chi connectivity index (χ4v) is 2.37. The van der Waals surface area contributed by atoms with Crippen LogP contribution in [0.3, 0.4) is 0 Å². The smallest absolute Gasteiger partial charge is 0.340 e. The topological polar surface area (TPSA) is 105 Å². The Kier molecular flexibility index (Phi) is 4.42. The lowest BCUT2D eigenvalue weighted by Gasteiger charge is -2.22. The van der Waals surface area contributed by atoms with Gasteiger partial charge in [0.15, 0.2) is 0 Å². The first-order valence-electron chi connectivity index (χ1n) is 5.59. The van der Waals surface area contributed by atoms with Gasteiger partial charge in [0.05, 0.1) is 11.2 Å². The third-order valence-corrected chi connectivity index (χ3v) is 3.45. The number of carbonyl (C=O) groups excluding carboxylic acids is 1. The molecule has 0 aliphatic rings. The van der Waals surface area contributed by atoms with Gasteiger partial charge in [-0.1, -0.05) is 13.3 Å². The molecule has 1 aromatic heterocycles. The third-order valence-electron chi connectivity index (χ3n) is 2.59. The molecule has 0 aliphatic heterocycles. The zero-order valence-corrected chi connectivity index (χ0v) is 11.4. The average Bonchev–Trinajstić information content (AvgIpc) is 2.59. The average molecular weight is 271 g/mol. The molecular formula is C11H17N3O3S. The van der Waals surface area contributed by atoms with E-state index in [0.29, 0.717) is 12.1 Å². The van der Waals surface area contributed by atoms with Crippen molar-refractivity contribution in [2.45, 2.75) is 39.2 Å². The molecule has 0 bridgehead atoms. The normalized spacial score (nSPS) is 14.0. The summed E-state index contributed by atoms with van der Waals surface area (Å²) >= 11 is 0.949. The Hall–Kier alpha value is -1.47. The number of rotatable bonds is 5. The van der Waals surface area contributed by atoms with E-state index in [2.05, 4.69) is 9.69 Å². The summed E-state index contributed by atoms with van der Waals surface area (Å²) in [4.78, 5) is 23.0. The van der Waals surface area contributed by atoms with E-state index < -0.39 is 17.4 Å². The van der Waals surface area contributed by atoms with Gasteiger partial charge in [-0.2, -0.15) is 4.37 Å². The highest BCUT2D eigenvalue weighted by molar-refractivity contribution is 7.11. The van der Waals surface area contributed by atoms with Crippen LogP contribution in [-0.4, -0.2) is 26.9 Å². The summed E-state index contributed by atoms with van der Waals surface area (Å²) in [5.74, 6) is -1.50. The van der Waals surface area contributed by atoms with Crippen LogP contribution in [0, 0.1) is 6.92 Å². The number of aryl methyl sites for hydroxylation is 1. The van der Waals surface area contributed by atoms with E-state index in [9.17, 15) is 9.59 Å². The molecule has 0 aromatic carbocycles. The number of hydrogen-bond acceptors (Lipinski definition) is 5. The summed E-state index contributed by atoms with van der Waals surface area (Å²) in [7, 11) is 0. The van der Waals surface area contributed by atoms with Gasteiger partial charge in [-0.25, -0.2) is 4.79 Å². The van der Waals surface area contributed by atoms with E-state index in [-0.39, 0.29) is 10.6 Å². The predicted octanol–water partition coefficient (Wildman–Crippen LogP) is 1.61. The van der Waals surface area contributed by atoms with Gasteiger partial charge in [0.1, 0.15) is 10.6 Å². The molecule has 0 aliphatic carbocycles. The Morgan fingerprint density at radius 1 is 1.56 bits per heavy atom. The lowest BCUT2D eigenvalue weighted by molar-refractivity contribution is -0.120. The Morgan fingerprint density at radius 2 is 2.17 bits per heavy atom. The van der Waals surface area contributed by atoms with Crippen LogP contribution in [0.15, 0.2) is 0 Å². The van der Waals surface area contributed by atoms with Crippen molar-refractivity contribution >= 4 is 28.4 Å². The summed E-state index contributed by atoms with van der Waals surface area (Å²) < 4.78 is 3.92. The minimum absolute atomic E-state index is 0.0284. The van der Waals surface area contributed by atoms with Crippen LogP contribution in [0.1, 0.15) is 42.7 Å². The van der Waals surface area contributed by atoms with E-state index in [1.54, 1.807) is 13.8 Å². The van der Waals surface area contributed by atoms with E-state index in [1.165, 1.54) is 0 Å². The molecule has 18 heavy (non-hydrogen) atoms. The summed E-state index contributed by atoms with van der Waals surface area (Å²) in [5, 5.41) is 11.8. The molecule has 1 heterocycles. The number of nitrogens with two attached hydrogens (primary N) is 1. The van der Waals surface area contributed by atoms with Crippen LogP contribution in [0.4, 0.5) is 5.00 Å². The number of carboxylic acids is 1. The fraction of sp³-hybridized carbons (Fsp3) is 0.545. The molecule has 1 atom stereocenters. The first-order valence-corrected chi connectivity index (χ1v) is 6.36. The van der Waals surface area contributed by atoms with Gasteiger partial charge in [-0.05, 0) is 31.8 Å². The Morgan fingerprint density at radius 3 is 2.67 bits per heavy atom. The number of carboxylic acid groups (broad SMARTS) is 1. The number of carbonyl (C=O) groups is 2. The summed E-state index contributed by atoms with van der Waals surface area (Å²) in [6.45, 7) is 5.14. The molecule has 1 unspecified atom stereocenters. The van der Waals surface area contributed by atoms with Crippen LogP contribution in [0.5, 0.6) is 0 Å². The second-order valence-electron chi connectivity index (χ2n) is 4.40. The van der Waals surface area contributed by atoms with Gasteiger partial charge in [-0.15, -0.1) is 0 Å². The zero-order valence-electron chi connectivity index (χ0n) is 10.6. The highest BCUT2D eigenvalue weighted by Gasteiger charge is 2.29. The number of hydrogen-bond donors (Lipinski definition) is 3. The SMILES string of the molecule is CCCC(C)(N)C(=O)Nc1snc(C)c1C(=O)O. The molecule has 4 N–H and O–H groups in total. The molecule has 1 amide bonds. The van der Waals surface area contributed by atoms with Gasteiger partial charge in [0.2, 0.25) is 5.91 Å². The van der Waals surface area contributed by atoms with Crippen molar-refractivity contribution in [1.29, 1.82) is 0 Å². The first-order chi connectivity index (χ1) is 8.29. The molecule has 1 aromatic rings. The van der Waals surface area contributed by atoms with E-state index in [1.807, 2.05) is 6.92 Å². The molecule has 0 saturated heterocycles. The quantitative estimate of drug-likeness (QED) is 0.754. The molecule has 0 radical (unpaired) electrons. The van der Waals surface area contributed by atoms with Gasteiger partial charge in [0.25, 0.3) is 0 Å². The van der Waals surface area contributed by atoms with Crippen molar-refractivity contribution < 1.29 is 14.7 Å². The number of aromatic carboxylic acids is 1. The molecule has 6 nitrogen and oxygen atoms in total. The zero-order chi connectivity index (χ0) is 13.9. The Balaban J connectivity index is 2.92. The van der Waals surface area contributed by atoms with Crippen LogP contribution in [0.25, 0.3) is 0 Å². The molecule has 1 rings (SSSR count). The second kappa shape index (κ2) is 5.45. The Labute approximate surface area is 109 Å². The molecule has 100 valence electrons. The number of nitrogens with zero attached hydrogens (tertiary/aromatic N) is 1. The van der Waals surface area contributed by atoms with Gasteiger partial charge in [0, 0.05) is 0 Å². The standard InChI is InChI=1S/C11H17N3O3S/c1-4-5-11(3,12)10(17)13-8-7(9(15)16)6(2)14-18-8/h4-5,12H2,1-3H3,(H,13,17)(H,15,16). The van der Waals surface area contributed by atoms with Crippen molar-refractivity contribution in [1.82, 2.24) is 4.37 Å². The minimum atomic E-state index is -1.11. The summed E-state index contributed by atoms with van der Waals surface area (Å²) in [6, 6.07) is 0. The van der Waals surface area contributed by atoms with Crippen LogP contribution < -0.4 is 11.1 Å². The van der Waals surface area contributed by atoms with Gasteiger partial charge >= 0.3 is 5.97 Å². The minimum Gasteiger partial charge on any atom is -0.478 e. The van der Waals surface area contributed by atoms with Crippen molar-refractivity contribution in [3.05, 3.63) is 11.3 Å². The van der Waals surface area contributed by atoms with Crippen LogP contribution in [0.2, 0.25) is 0 Å². The van der Waals surface area contributed by atoms with E-state index in [0.717, 1.165) is 18.0 Å². The van der Waals surface area contributed by atoms with Gasteiger partial charge < -0.3 is 16.2 Å². The van der Waals surface area contributed by atoms with Crippen molar-refractivity contribution in [3.63, 3.8) is 0 Å². The van der Waals surface area contributed by atoms with Crippen LogP contribution >= 0.6 is 11.5 Å². The monoisotopic (exact) mass is 271 g/mol. The second-order valence-corrected chi connectivity index (χ2v) is 5.17. The number of aromatic nitrogens is 1. The largest absolute Gasteiger partial charge is 0.478 e. The molecule has 7 heteroatoms. The maximum atomic E-state index is 12.0. The van der Waals surface area contributed by atoms with Crippen molar-refractivity contribution in [2.75, 3.05) is 5.32 Å². The lowest BCUT2D eigenvalue weighted by Crippen LogP contribution is -2.48. The maximum absolute atomic E-state index is 12.0. The number of amides is 1. The number of nitrogens with one attached hydrogen (secondary N) is 1. The first kappa shape index (κ1) is 14.6.